The zero-order valence-electron chi connectivity index (χ0n) is 15.3. The quantitative estimate of drug-likeness (QED) is 0.313. The van der Waals surface area contributed by atoms with Crippen molar-refractivity contribution in [2.45, 2.75) is 13.1 Å². The Morgan fingerprint density at radius 2 is 1.00 bits per heavy atom. The minimum absolute atomic E-state index is 0. The SMILES string of the molecule is Cc1ccc(C[P+](c2ccccc2)(c2ccccc2)c2ccccc2)o1.[I-]. The Morgan fingerprint density at radius 1 is 0.593 bits per heavy atom. The van der Waals surface area contributed by atoms with E-state index in [1.807, 2.05) is 6.92 Å². The second-order valence-corrected chi connectivity index (χ2v) is 9.97. The van der Waals surface area contributed by atoms with Gasteiger partial charge in [0.15, 0.2) is 0 Å². The Kier molecular flexibility index (Phi) is 6.51. The number of hydrogen-bond acceptors (Lipinski definition) is 1. The summed E-state index contributed by atoms with van der Waals surface area (Å²) in [5, 5.41) is 4.14. The molecule has 4 aromatic rings. The highest BCUT2D eigenvalue weighted by Gasteiger charge is 2.46. The summed E-state index contributed by atoms with van der Waals surface area (Å²) in [7, 11) is -1.86. The highest BCUT2D eigenvalue weighted by molar-refractivity contribution is 7.95. The van der Waals surface area contributed by atoms with E-state index in [-0.39, 0.29) is 24.0 Å². The third-order valence-electron chi connectivity index (χ3n) is 4.78. The van der Waals surface area contributed by atoms with Gasteiger partial charge in [0.25, 0.3) is 0 Å². The molecule has 0 bridgehead atoms. The Hall–Kier alpha value is -1.90. The second kappa shape index (κ2) is 8.86. The van der Waals surface area contributed by atoms with Crippen molar-refractivity contribution < 1.29 is 28.4 Å². The Labute approximate surface area is 178 Å². The molecule has 0 fully saturated rings. The largest absolute Gasteiger partial charge is 1.00 e. The zero-order valence-corrected chi connectivity index (χ0v) is 18.3. The van der Waals surface area contributed by atoms with Gasteiger partial charge in [0, 0.05) is 0 Å². The predicted molar refractivity (Wildman–Crippen MR) is 112 cm³/mol. The molecule has 0 aliphatic carbocycles. The average Bonchev–Trinajstić information content (AvgIpc) is 3.13. The van der Waals surface area contributed by atoms with Gasteiger partial charge in [-0.25, -0.2) is 0 Å². The first-order valence-electron chi connectivity index (χ1n) is 8.89. The molecule has 0 saturated carbocycles. The number of halogens is 1. The molecule has 0 aliphatic rings. The fourth-order valence-electron chi connectivity index (χ4n) is 3.57. The first kappa shape index (κ1) is 19.9. The maximum Gasteiger partial charge on any atom is 0.142 e. The maximum absolute atomic E-state index is 6.03. The lowest BCUT2D eigenvalue weighted by Crippen LogP contribution is -3.00. The van der Waals surface area contributed by atoms with Crippen LogP contribution in [0.5, 0.6) is 0 Å². The van der Waals surface area contributed by atoms with Gasteiger partial charge in [0.1, 0.15) is 40.9 Å². The van der Waals surface area contributed by atoms with Crippen molar-refractivity contribution in [2.24, 2.45) is 0 Å². The molecule has 1 heterocycles. The van der Waals surface area contributed by atoms with Crippen molar-refractivity contribution in [1.82, 2.24) is 0 Å². The summed E-state index contributed by atoms with van der Waals surface area (Å²) in [6, 6.07) is 36.9. The molecular formula is C24H22IOP. The van der Waals surface area contributed by atoms with Gasteiger partial charge in [-0.2, -0.15) is 0 Å². The molecule has 136 valence electrons. The number of hydrogen-bond donors (Lipinski definition) is 0. The van der Waals surface area contributed by atoms with E-state index in [0.29, 0.717) is 0 Å². The Bertz CT molecular complexity index is 868. The van der Waals surface area contributed by atoms with Crippen molar-refractivity contribution in [2.75, 3.05) is 0 Å². The fourth-order valence-corrected chi connectivity index (χ4v) is 7.70. The minimum Gasteiger partial charge on any atom is -1.00 e. The standard InChI is InChI=1S/C24H22OP.HI/c1-20-17-18-21(25-20)19-26(22-11-5-2-6-12-22,23-13-7-3-8-14-23)24-15-9-4-10-16-24;/h2-18H,19H2,1H3;1H/q+1;/p-1. The summed E-state index contributed by atoms with van der Waals surface area (Å²) in [6.45, 7) is 2.01. The lowest BCUT2D eigenvalue weighted by molar-refractivity contribution is -0.00000587. The highest BCUT2D eigenvalue weighted by Crippen LogP contribution is 2.58. The van der Waals surface area contributed by atoms with Crippen molar-refractivity contribution in [3.8, 4) is 0 Å². The van der Waals surface area contributed by atoms with E-state index in [4.69, 9.17) is 4.42 Å². The van der Waals surface area contributed by atoms with Crippen molar-refractivity contribution in [3.05, 3.63) is 115 Å². The highest BCUT2D eigenvalue weighted by atomic mass is 127. The third kappa shape index (κ3) is 4.02. The van der Waals surface area contributed by atoms with E-state index in [0.717, 1.165) is 17.7 Å². The molecule has 3 aromatic carbocycles. The molecule has 27 heavy (non-hydrogen) atoms. The molecule has 0 N–H and O–H groups in total. The van der Waals surface area contributed by atoms with Gasteiger partial charge >= 0.3 is 0 Å². The summed E-state index contributed by atoms with van der Waals surface area (Å²) in [6.07, 6.45) is 0.888. The van der Waals surface area contributed by atoms with Crippen LogP contribution in [-0.2, 0) is 6.16 Å². The number of benzene rings is 3. The van der Waals surface area contributed by atoms with Crippen LogP contribution in [0.1, 0.15) is 11.5 Å². The lowest BCUT2D eigenvalue weighted by Gasteiger charge is -2.26. The molecule has 0 amide bonds. The summed E-state index contributed by atoms with van der Waals surface area (Å²) in [5.74, 6) is 2.01. The smallest absolute Gasteiger partial charge is 0.142 e. The fraction of sp³-hybridized carbons (Fsp3) is 0.0833. The topological polar surface area (TPSA) is 13.1 Å². The molecule has 1 nitrogen and oxygen atoms in total. The van der Waals surface area contributed by atoms with E-state index >= 15 is 0 Å². The van der Waals surface area contributed by atoms with Crippen LogP contribution in [-0.4, -0.2) is 0 Å². The summed E-state index contributed by atoms with van der Waals surface area (Å²) in [5.41, 5.74) is 0. The normalized spacial score (nSPS) is 11.0. The molecule has 0 unspecified atom stereocenters. The number of aryl methyl sites for hydroxylation is 1. The van der Waals surface area contributed by atoms with Gasteiger partial charge in [-0.05, 0) is 55.5 Å². The van der Waals surface area contributed by atoms with E-state index in [2.05, 4.69) is 103 Å². The van der Waals surface area contributed by atoms with E-state index < -0.39 is 7.26 Å². The van der Waals surface area contributed by atoms with Crippen molar-refractivity contribution in [1.29, 1.82) is 0 Å². The molecule has 0 saturated heterocycles. The molecular weight excluding hydrogens is 462 g/mol. The van der Waals surface area contributed by atoms with Crippen LogP contribution >= 0.6 is 7.26 Å². The molecule has 0 atom stereocenters. The van der Waals surface area contributed by atoms with E-state index in [1.165, 1.54) is 15.9 Å². The maximum atomic E-state index is 6.03. The Balaban J connectivity index is 0.00000210. The first-order chi connectivity index (χ1) is 12.8. The number of rotatable bonds is 5. The molecule has 0 aliphatic heterocycles. The van der Waals surface area contributed by atoms with Gasteiger partial charge in [-0.15, -0.1) is 0 Å². The van der Waals surface area contributed by atoms with Crippen LogP contribution in [0.25, 0.3) is 0 Å². The van der Waals surface area contributed by atoms with Gasteiger partial charge in [0.2, 0.25) is 0 Å². The summed E-state index contributed by atoms with van der Waals surface area (Å²) >= 11 is 0. The Morgan fingerprint density at radius 3 is 1.33 bits per heavy atom. The average molecular weight is 484 g/mol. The molecule has 1 aromatic heterocycles. The molecule has 0 spiro atoms. The van der Waals surface area contributed by atoms with Gasteiger partial charge < -0.3 is 28.4 Å². The van der Waals surface area contributed by atoms with Crippen LogP contribution in [0, 0.1) is 6.92 Å². The summed E-state index contributed by atoms with van der Waals surface area (Å²) in [4.78, 5) is 0. The molecule has 0 radical (unpaired) electrons. The van der Waals surface area contributed by atoms with Crippen LogP contribution < -0.4 is 39.9 Å². The predicted octanol–water partition coefficient (Wildman–Crippen LogP) is 2.09. The zero-order chi connectivity index (χ0) is 17.8. The van der Waals surface area contributed by atoms with Gasteiger partial charge in [0.05, 0.1) is 0 Å². The first-order valence-corrected chi connectivity index (χ1v) is 10.9. The molecule has 3 heteroatoms. The monoisotopic (exact) mass is 484 g/mol. The van der Waals surface area contributed by atoms with Crippen LogP contribution in [0.3, 0.4) is 0 Å². The van der Waals surface area contributed by atoms with Gasteiger partial charge in [-0.3, -0.25) is 0 Å². The number of furan rings is 1. The third-order valence-corrected chi connectivity index (χ3v) is 9.11. The second-order valence-electron chi connectivity index (χ2n) is 6.49. The summed E-state index contributed by atoms with van der Waals surface area (Å²) < 4.78 is 6.03. The van der Waals surface area contributed by atoms with Crippen LogP contribution in [0.4, 0.5) is 0 Å². The lowest BCUT2D eigenvalue weighted by atomic mass is 10.4. The van der Waals surface area contributed by atoms with E-state index in [1.54, 1.807) is 0 Å². The van der Waals surface area contributed by atoms with Crippen molar-refractivity contribution >= 4 is 23.2 Å². The van der Waals surface area contributed by atoms with Gasteiger partial charge in [-0.1, -0.05) is 54.6 Å². The van der Waals surface area contributed by atoms with E-state index in [9.17, 15) is 0 Å². The van der Waals surface area contributed by atoms with Crippen LogP contribution in [0.2, 0.25) is 0 Å². The van der Waals surface area contributed by atoms with Crippen molar-refractivity contribution in [3.63, 3.8) is 0 Å². The minimum atomic E-state index is -1.86. The van der Waals surface area contributed by atoms with Crippen LogP contribution in [0.15, 0.2) is 108 Å². The molecule has 4 rings (SSSR count).